The van der Waals surface area contributed by atoms with Crippen molar-refractivity contribution in [2.75, 3.05) is 7.11 Å². The molecule has 2 aromatic heterocycles. The summed E-state index contributed by atoms with van der Waals surface area (Å²) in [6.07, 6.45) is 1.52. The number of ether oxygens (including phenoxy) is 1. The largest absolute Gasteiger partial charge is 0.497 e. The van der Waals surface area contributed by atoms with Crippen molar-refractivity contribution in [1.82, 2.24) is 20.0 Å². The lowest BCUT2D eigenvalue weighted by Gasteiger charge is -2.08. The van der Waals surface area contributed by atoms with Gasteiger partial charge in [0.15, 0.2) is 0 Å². The molecule has 158 valence electrons. The van der Waals surface area contributed by atoms with E-state index < -0.39 is 0 Å². The second kappa shape index (κ2) is 8.83. The molecule has 0 unspecified atom stereocenters. The summed E-state index contributed by atoms with van der Waals surface area (Å²) in [6, 6.07) is 15.1. The van der Waals surface area contributed by atoms with Crippen LogP contribution in [0, 0.1) is 6.92 Å². The number of aryl methyl sites for hydroxylation is 2. The van der Waals surface area contributed by atoms with Gasteiger partial charge in [-0.05, 0) is 24.6 Å². The summed E-state index contributed by atoms with van der Waals surface area (Å²) in [5.41, 5.74) is 3.15. The van der Waals surface area contributed by atoms with Crippen LogP contribution in [0.1, 0.15) is 17.5 Å². The molecule has 0 aliphatic heterocycles. The molecule has 0 spiro atoms. The SMILES string of the molecule is COc1cccc(CNC(=O)CCn2cnc3onc(-c4ccc(C)cc4)c3c2=O)c1. The molecular formula is C23H22N4O4. The number of hydrogen-bond donors (Lipinski definition) is 1. The summed E-state index contributed by atoms with van der Waals surface area (Å²) in [5.74, 6) is 0.565. The van der Waals surface area contributed by atoms with Gasteiger partial charge in [0, 0.05) is 25.1 Å². The number of carbonyl (C=O) groups is 1. The number of nitrogens with one attached hydrogen (secondary N) is 1. The van der Waals surface area contributed by atoms with Gasteiger partial charge < -0.3 is 14.6 Å². The Morgan fingerprint density at radius 3 is 2.77 bits per heavy atom. The zero-order chi connectivity index (χ0) is 21.8. The van der Waals surface area contributed by atoms with E-state index in [1.165, 1.54) is 10.9 Å². The molecule has 8 nitrogen and oxygen atoms in total. The number of hydrogen-bond acceptors (Lipinski definition) is 6. The van der Waals surface area contributed by atoms with E-state index >= 15 is 0 Å². The minimum absolute atomic E-state index is 0.141. The highest BCUT2D eigenvalue weighted by atomic mass is 16.5. The van der Waals surface area contributed by atoms with E-state index in [-0.39, 0.29) is 30.1 Å². The maximum Gasteiger partial charge on any atom is 0.266 e. The Kier molecular flexibility index (Phi) is 5.79. The maximum atomic E-state index is 13.0. The van der Waals surface area contributed by atoms with E-state index in [1.807, 2.05) is 55.5 Å². The molecule has 1 amide bonds. The number of amides is 1. The summed E-state index contributed by atoms with van der Waals surface area (Å²) in [6.45, 7) is 2.56. The highest BCUT2D eigenvalue weighted by Crippen LogP contribution is 2.24. The van der Waals surface area contributed by atoms with E-state index in [2.05, 4.69) is 15.5 Å². The highest BCUT2D eigenvalue weighted by molar-refractivity contribution is 5.88. The number of nitrogens with zero attached hydrogens (tertiary/aromatic N) is 3. The fraction of sp³-hybridized carbons (Fsp3) is 0.217. The van der Waals surface area contributed by atoms with Gasteiger partial charge in [-0.3, -0.25) is 14.2 Å². The molecular weight excluding hydrogens is 396 g/mol. The number of fused-ring (bicyclic) bond motifs is 1. The molecule has 2 heterocycles. The first-order chi connectivity index (χ1) is 15.0. The Hall–Kier alpha value is -3.94. The van der Waals surface area contributed by atoms with Crippen LogP contribution in [0.25, 0.3) is 22.4 Å². The first kappa shape index (κ1) is 20.3. The van der Waals surface area contributed by atoms with Gasteiger partial charge >= 0.3 is 0 Å². The van der Waals surface area contributed by atoms with Crippen LogP contribution >= 0.6 is 0 Å². The predicted octanol–water partition coefficient (Wildman–Crippen LogP) is 3.08. The number of methoxy groups -OCH3 is 1. The van der Waals surface area contributed by atoms with Crippen molar-refractivity contribution in [3.63, 3.8) is 0 Å². The number of carbonyl (C=O) groups excluding carboxylic acids is 1. The maximum absolute atomic E-state index is 13.0. The third-order valence-corrected chi connectivity index (χ3v) is 4.99. The van der Waals surface area contributed by atoms with Gasteiger partial charge in [-0.15, -0.1) is 0 Å². The van der Waals surface area contributed by atoms with Crippen molar-refractivity contribution in [1.29, 1.82) is 0 Å². The molecule has 0 saturated heterocycles. The first-order valence-electron chi connectivity index (χ1n) is 9.86. The van der Waals surface area contributed by atoms with Crippen molar-refractivity contribution in [2.45, 2.75) is 26.4 Å². The second-order valence-corrected chi connectivity index (χ2v) is 7.20. The van der Waals surface area contributed by atoms with E-state index in [1.54, 1.807) is 7.11 Å². The van der Waals surface area contributed by atoms with E-state index in [4.69, 9.17) is 9.26 Å². The van der Waals surface area contributed by atoms with E-state index in [0.717, 1.165) is 22.4 Å². The lowest BCUT2D eigenvalue weighted by Crippen LogP contribution is -2.27. The minimum Gasteiger partial charge on any atom is -0.497 e. The van der Waals surface area contributed by atoms with Gasteiger partial charge in [-0.25, -0.2) is 4.98 Å². The first-order valence-corrected chi connectivity index (χ1v) is 9.86. The summed E-state index contributed by atoms with van der Waals surface area (Å²) in [7, 11) is 1.60. The molecule has 0 bridgehead atoms. The lowest BCUT2D eigenvalue weighted by atomic mass is 10.1. The van der Waals surface area contributed by atoms with Crippen LogP contribution in [0.3, 0.4) is 0 Å². The molecule has 31 heavy (non-hydrogen) atoms. The minimum atomic E-state index is -0.289. The highest BCUT2D eigenvalue weighted by Gasteiger charge is 2.17. The van der Waals surface area contributed by atoms with Crippen molar-refractivity contribution in [3.8, 4) is 17.0 Å². The van der Waals surface area contributed by atoms with E-state index in [9.17, 15) is 9.59 Å². The van der Waals surface area contributed by atoms with Gasteiger partial charge in [0.05, 0.1) is 7.11 Å². The van der Waals surface area contributed by atoms with Crippen LogP contribution in [0.4, 0.5) is 0 Å². The van der Waals surface area contributed by atoms with Gasteiger partial charge in [-0.2, -0.15) is 0 Å². The molecule has 1 N–H and O–H groups in total. The van der Waals surface area contributed by atoms with Crippen LogP contribution in [0.2, 0.25) is 0 Å². The normalized spacial score (nSPS) is 10.9. The summed E-state index contributed by atoms with van der Waals surface area (Å²) >= 11 is 0. The fourth-order valence-corrected chi connectivity index (χ4v) is 3.24. The van der Waals surface area contributed by atoms with Crippen molar-refractivity contribution in [3.05, 3.63) is 76.3 Å². The van der Waals surface area contributed by atoms with Gasteiger partial charge in [-0.1, -0.05) is 47.1 Å². The zero-order valence-corrected chi connectivity index (χ0v) is 17.3. The van der Waals surface area contributed by atoms with Crippen LogP contribution in [-0.2, 0) is 17.9 Å². The molecule has 0 saturated carbocycles. The Balaban J connectivity index is 1.46. The predicted molar refractivity (Wildman–Crippen MR) is 116 cm³/mol. The van der Waals surface area contributed by atoms with Crippen molar-refractivity contribution >= 4 is 17.0 Å². The van der Waals surface area contributed by atoms with Crippen molar-refractivity contribution < 1.29 is 14.1 Å². The number of aromatic nitrogens is 3. The number of rotatable bonds is 7. The lowest BCUT2D eigenvalue weighted by molar-refractivity contribution is -0.121. The number of benzene rings is 2. The zero-order valence-electron chi connectivity index (χ0n) is 17.3. The van der Waals surface area contributed by atoms with Gasteiger partial charge in [0.1, 0.15) is 23.2 Å². The standard InChI is InChI=1S/C23H22N4O4/c1-15-6-8-17(9-7-15)21-20-22(31-26-21)25-14-27(23(20)29)11-10-19(28)24-13-16-4-3-5-18(12-16)30-2/h3-9,12,14H,10-11,13H2,1-2H3,(H,24,28). The monoisotopic (exact) mass is 418 g/mol. The molecule has 0 radical (unpaired) electrons. The Bertz CT molecular complexity index is 1270. The average molecular weight is 418 g/mol. The molecule has 8 heteroatoms. The van der Waals surface area contributed by atoms with Gasteiger partial charge in [0.2, 0.25) is 5.91 Å². The average Bonchev–Trinajstić information content (AvgIpc) is 3.23. The summed E-state index contributed by atoms with van der Waals surface area (Å²) in [5, 5.41) is 7.19. The van der Waals surface area contributed by atoms with Crippen LogP contribution < -0.4 is 15.6 Å². The fourth-order valence-electron chi connectivity index (χ4n) is 3.24. The molecule has 0 aliphatic rings. The smallest absolute Gasteiger partial charge is 0.266 e. The molecule has 0 fully saturated rings. The summed E-state index contributed by atoms with van der Waals surface area (Å²) in [4.78, 5) is 29.5. The van der Waals surface area contributed by atoms with Crippen LogP contribution in [-0.4, -0.2) is 27.7 Å². The molecule has 4 aromatic rings. The Morgan fingerprint density at radius 2 is 2.00 bits per heavy atom. The molecule has 0 aliphatic carbocycles. The van der Waals surface area contributed by atoms with Gasteiger partial charge in [0.25, 0.3) is 11.3 Å². The van der Waals surface area contributed by atoms with Crippen molar-refractivity contribution in [2.24, 2.45) is 0 Å². The molecule has 2 aromatic carbocycles. The molecule has 4 rings (SSSR count). The van der Waals surface area contributed by atoms with Crippen LogP contribution in [0.5, 0.6) is 5.75 Å². The third kappa shape index (κ3) is 4.48. The summed E-state index contributed by atoms with van der Waals surface area (Å²) < 4.78 is 11.8. The third-order valence-electron chi connectivity index (χ3n) is 4.99. The van der Waals surface area contributed by atoms with Crippen LogP contribution in [0.15, 0.2) is 64.2 Å². The molecule has 0 atom stereocenters. The topological polar surface area (TPSA) is 99.2 Å². The second-order valence-electron chi connectivity index (χ2n) is 7.20. The Labute approximate surface area is 178 Å². The van der Waals surface area contributed by atoms with E-state index in [0.29, 0.717) is 17.6 Å². The Morgan fingerprint density at radius 1 is 1.19 bits per heavy atom. The quantitative estimate of drug-likeness (QED) is 0.495.